The summed E-state index contributed by atoms with van der Waals surface area (Å²) in [5.41, 5.74) is 5.61. The van der Waals surface area contributed by atoms with Gasteiger partial charge in [0.25, 0.3) is 0 Å². The van der Waals surface area contributed by atoms with E-state index >= 15 is 0 Å². The van der Waals surface area contributed by atoms with Crippen molar-refractivity contribution in [1.29, 1.82) is 0 Å². The van der Waals surface area contributed by atoms with Crippen molar-refractivity contribution in [2.24, 2.45) is 17.6 Å². The summed E-state index contributed by atoms with van der Waals surface area (Å²) in [5.74, 6) is -16.0. The SMILES string of the molecule is CC[C@H](C)[C@H](NC(=O)[C@@H](NC(=O)[C@H](CC(=O)NP(=O)(O)O)NC(=O)[C@H](CCSC)NC(=O)[C@H](CCC(=O)OP(=O)(O)O)NC(=O)[C@@H](N)CC(=O)OP(=O)(O)O)[C@@H](C)OP(=O)(O)O)C(=O)N[C@@H](CC(C)C)C(=O)O. The third-order valence-corrected chi connectivity index (χ3v) is 12.1. The molecule has 0 aliphatic carbocycles. The number of carboxylic acid groups (broad SMARTS) is 1. The summed E-state index contributed by atoms with van der Waals surface area (Å²) in [6.45, 7) is 7.18. The molecule has 0 unspecified atom stereocenters. The van der Waals surface area contributed by atoms with E-state index in [4.69, 9.17) is 25.3 Å². The van der Waals surface area contributed by atoms with Crippen molar-refractivity contribution in [3.8, 4) is 0 Å². The fourth-order valence-corrected chi connectivity index (χ4v) is 8.05. The van der Waals surface area contributed by atoms with Gasteiger partial charge in [-0.25, -0.2) is 23.1 Å². The van der Waals surface area contributed by atoms with E-state index in [1.165, 1.54) is 18.3 Å². The largest absolute Gasteiger partial charge is 0.526 e. The van der Waals surface area contributed by atoms with E-state index < -0.39 is 177 Å². The predicted octanol–water partition coefficient (Wildman–Crippen LogP) is -4.31. The maximum absolute atomic E-state index is 14.1. The molecule has 0 aliphatic rings. The van der Waals surface area contributed by atoms with Crippen LogP contribution in [0.1, 0.15) is 79.6 Å². The molecule has 34 nitrogen and oxygen atoms in total. The molecule has 73 heavy (non-hydrogen) atoms. The molecule has 0 saturated heterocycles. The third kappa shape index (κ3) is 29.9. The van der Waals surface area contributed by atoms with Gasteiger partial charge in [0, 0.05) is 6.42 Å². The number of carbonyl (C=O) groups is 10. The number of hydrogen-bond acceptors (Lipinski definition) is 19. The number of hydrogen-bond donors (Lipinski definition) is 17. The zero-order valence-corrected chi connectivity index (χ0v) is 44.1. The van der Waals surface area contributed by atoms with Crippen LogP contribution in [0, 0.1) is 11.8 Å². The molecule has 7 amide bonds. The van der Waals surface area contributed by atoms with Crippen LogP contribution in [0.5, 0.6) is 0 Å². The van der Waals surface area contributed by atoms with Crippen LogP contribution >= 0.6 is 43.0 Å². The van der Waals surface area contributed by atoms with Crippen molar-refractivity contribution in [2.45, 2.75) is 128 Å². The first-order chi connectivity index (χ1) is 33.2. The maximum atomic E-state index is 14.1. The summed E-state index contributed by atoms with van der Waals surface area (Å²) in [4.78, 5) is 205. The fourth-order valence-electron chi connectivity index (χ4n) is 5.91. The highest BCUT2D eigenvalue weighted by Crippen LogP contribution is 2.39. The number of carboxylic acids is 1. The Morgan fingerprint density at radius 2 is 1.03 bits per heavy atom. The molecule has 0 spiro atoms. The van der Waals surface area contributed by atoms with E-state index in [1.807, 2.05) is 16.0 Å². The lowest BCUT2D eigenvalue weighted by atomic mass is 9.96. The summed E-state index contributed by atoms with van der Waals surface area (Å²) >= 11 is 1.04. The van der Waals surface area contributed by atoms with Crippen molar-refractivity contribution in [3.63, 3.8) is 0 Å². The number of aliphatic carboxylic acids is 1. The van der Waals surface area contributed by atoms with Crippen LogP contribution in [0.25, 0.3) is 0 Å². The van der Waals surface area contributed by atoms with Crippen LogP contribution in [0.3, 0.4) is 0 Å². The summed E-state index contributed by atoms with van der Waals surface area (Å²) in [6, 6.07) is -13.7. The zero-order valence-electron chi connectivity index (χ0n) is 39.7. The number of thioether (sulfide) groups is 1. The van der Waals surface area contributed by atoms with Gasteiger partial charge in [-0.1, -0.05) is 34.1 Å². The molecule has 39 heteroatoms. The van der Waals surface area contributed by atoms with Crippen LogP contribution in [-0.4, -0.2) is 164 Å². The van der Waals surface area contributed by atoms with E-state index in [9.17, 15) is 90.9 Å². The van der Waals surface area contributed by atoms with Gasteiger partial charge >= 0.3 is 49.1 Å². The number of phosphoric ester groups is 3. The highest BCUT2D eigenvalue weighted by molar-refractivity contribution is 7.98. The number of nitrogens with one attached hydrogen (secondary N) is 7. The molecule has 0 bridgehead atoms. The smallest absolute Gasteiger partial charge is 0.480 e. The van der Waals surface area contributed by atoms with E-state index in [1.54, 1.807) is 20.8 Å². The number of rotatable bonds is 33. The first kappa shape index (κ1) is 68.6. The van der Waals surface area contributed by atoms with Crippen molar-refractivity contribution in [3.05, 3.63) is 0 Å². The van der Waals surface area contributed by atoms with Gasteiger partial charge in [0.1, 0.15) is 36.3 Å². The van der Waals surface area contributed by atoms with Crippen molar-refractivity contribution in [2.75, 3.05) is 12.0 Å². The van der Waals surface area contributed by atoms with Gasteiger partial charge in [-0.05, 0) is 50.0 Å². The molecule has 0 fully saturated rings. The second-order valence-electron chi connectivity index (χ2n) is 16.2. The molecule has 0 aromatic heterocycles. The van der Waals surface area contributed by atoms with E-state index in [0.717, 1.165) is 18.7 Å². The van der Waals surface area contributed by atoms with Gasteiger partial charge < -0.3 is 71.4 Å². The number of amides is 7. The first-order valence-corrected chi connectivity index (χ1v) is 28.7. The highest BCUT2D eigenvalue weighted by Gasteiger charge is 2.40. The standard InChI is InChI=1S/C34H62N8O26P4S/c1-7-16(4)26(32(50)39-22(34(52)53)12-15(2)3)40-33(51)27(17(5)66-70(57,58)59)41-31(49)21(14-23(43)42-69(54,55)56)38-30(48)20(10-11-73-6)37-29(47)19(8-9-24(44)67-71(60,61)62)36-28(46)18(35)13-25(45)68-72(63,64)65/h15-22,26-27H,7-14,35H2,1-6H3,(H,36,46)(H,37,47)(H,38,48)(H,39,50)(H,40,51)(H,41,49)(H,52,53)(H2,57,58,59)(H2,60,61,62)(H2,63,64,65)(H3,42,43,54,55,56)/t16-,17+,18-,19-,20-,21-,22-,26-,27-/m0/s1. The Morgan fingerprint density at radius 3 is 1.49 bits per heavy atom. The fraction of sp³-hybridized carbons (Fsp3) is 0.706. The van der Waals surface area contributed by atoms with E-state index in [0.29, 0.717) is 0 Å². The summed E-state index contributed by atoms with van der Waals surface area (Å²) in [7, 11) is -21.9. The minimum atomic E-state index is -5.55. The average Bonchev–Trinajstić information content (AvgIpc) is 3.20. The van der Waals surface area contributed by atoms with Crippen molar-refractivity contribution >= 4 is 102 Å². The summed E-state index contributed by atoms with van der Waals surface area (Å²) < 4.78 is 58.1. The molecule has 0 radical (unpaired) electrons. The molecular weight excluding hydrogens is 1090 g/mol. The average molecular weight is 1150 g/mol. The van der Waals surface area contributed by atoms with Gasteiger partial charge in [0.15, 0.2) is 0 Å². The summed E-state index contributed by atoms with van der Waals surface area (Å²) in [6.07, 6.45) is -5.53. The molecule has 0 saturated carbocycles. The minimum absolute atomic E-state index is 0.0405. The Balaban J connectivity index is 7.25. The van der Waals surface area contributed by atoms with Crippen LogP contribution in [0.4, 0.5) is 0 Å². The number of carbonyl (C=O) groups excluding carboxylic acids is 9. The topological polar surface area (TPSA) is 559 Å². The monoisotopic (exact) mass is 1150 g/mol. The minimum Gasteiger partial charge on any atom is -0.480 e. The van der Waals surface area contributed by atoms with Crippen LogP contribution in [0.2, 0.25) is 0 Å². The predicted molar refractivity (Wildman–Crippen MR) is 247 cm³/mol. The molecular formula is C34H62N8O26P4S. The lowest BCUT2D eigenvalue weighted by Gasteiger charge is -2.31. The Morgan fingerprint density at radius 1 is 0.575 bits per heavy atom. The third-order valence-electron chi connectivity index (χ3n) is 9.44. The molecule has 0 aromatic carbocycles. The molecule has 0 heterocycles. The maximum Gasteiger partial charge on any atom is 0.526 e. The second-order valence-corrected chi connectivity index (χ2v) is 22.0. The van der Waals surface area contributed by atoms with Crippen LogP contribution in [-0.2, 0) is 79.8 Å². The van der Waals surface area contributed by atoms with Gasteiger partial charge in [-0.3, -0.25) is 72.3 Å². The molecule has 9 atom stereocenters. The van der Waals surface area contributed by atoms with E-state index in [2.05, 4.69) is 29.5 Å². The highest BCUT2D eigenvalue weighted by atomic mass is 32.2. The van der Waals surface area contributed by atoms with E-state index in [-0.39, 0.29) is 24.5 Å². The Kier molecular flexibility index (Phi) is 28.9. The van der Waals surface area contributed by atoms with Crippen LogP contribution < -0.4 is 42.7 Å². The van der Waals surface area contributed by atoms with Crippen molar-refractivity contribution < 1.29 is 124 Å². The molecule has 0 aromatic rings. The second kappa shape index (κ2) is 30.8. The van der Waals surface area contributed by atoms with Crippen LogP contribution in [0.15, 0.2) is 0 Å². The van der Waals surface area contributed by atoms with Crippen molar-refractivity contribution in [1.82, 2.24) is 37.0 Å². The van der Waals surface area contributed by atoms with Gasteiger partial charge in [0.2, 0.25) is 41.4 Å². The first-order valence-electron chi connectivity index (χ1n) is 21.1. The Hall–Kier alpha value is -4.43. The molecule has 420 valence electrons. The molecule has 18 N–H and O–H groups in total. The van der Waals surface area contributed by atoms with Gasteiger partial charge in [-0.15, -0.1) is 0 Å². The van der Waals surface area contributed by atoms with Gasteiger partial charge in [0.05, 0.1) is 25.0 Å². The molecule has 0 aliphatic heterocycles. The summed E-state index contributed by atoms with van der Waals surface area (Å²) in [5, 5.41) is 23.6. The lowest BCUT2D eigenvalue weighted by Crippen LogP contribution is -2.62. The molecule has 0 rings (SSSR count). The van der Waals surface area contributed by atoms with Gasteiger partial charge in [-0.2, -0.15) is 11.8 Å². The quantitative estimate of drug-likeness (QED) is 0.0276. The Labute approximate surface area is 419 Å². The normalized spacial score (nSPS) is 15.8. The lowest BCUT2D eigenvalue weighted by molar-refractivity contribution is -0.143. The number of phosphoric acid groups is 3. The Bertz CT molecular complexity index is 2190. The number of nitrogens with two attached hydrogens (primary N) is 1. The zero-order chi connectivity index (χ0) is 57.0.